The molecule has 0 atom stereocenters. The third-order valence-corrected chi connectivity index (χ3v) is 2.79. The van der Waals surface area contributed by atoms with E-state index in [0.717, 1.165) is 18.0 Å². The average molecular weight is 215 g/mol. The highest BCUT2D eigenvalue weighted by Crippen LogP contribution is 2.24. The van der Waals surface area contributed by atoms with Crippen LogP contribution in [0.4, 0.5) is 0 Å². The van der Waals surface area contributed by atoms with E-state index in [1.165, 1.54) is 11.3 Å². The standard InChI is InChI=1S/C9H17N3OS/c1-5-9(2,3)13-8-12-11-7(14-8)6-10-4/h10H,5-6H2,1-4H3. The van der Waals surface area contributed by atoms with E-state index in [-0.39, 0.29) is 5.60 Å². The first kappa shape index (κ1) is 11.4. The van der Waals surface area contributed by atoms with Crippen molar-refractivity contribution in [1.82, 2.24) is 15.5 Å². The molecule has 1 aromatic heterocycles. The Morgan fingerprint density at radius 2 is 2.14 bits per heavy atom. The molecule has 0 fully saturated rings. The zero-order chi connectivity index (χ0) is 10.6. The van der Waals surface area contributed by atoms with Crippen LogP contribution in [0.5, 0.6) is 5.19 Å². The van der Waals surface area contributed by atoms with Gasteiger partial charge >= 0.3 is 0 Å². The molecule has 1 rings (SSSR count). The normalized spacial score (nSPS) is 11.7. The van der Waals surface area contributed by atoms with Crippen LogP contribution in [0.25, 0.3) is 0 Å². The van der Waals surface area contributed by atoms with Crippen LogP contribution in [0.15, 0.2) is 0 Å². The van der Waals surface area contributed by atoms with Crippen molar-refractivity contribution in [3.05, 3.63) is 5.01 Å². The molecule has 5 heteroatoms. The van der Waals surface area contributed by atoms with Gasteiger partial charge in [-0.15, -0.1) is 5.10 Å². The Hall–Kier alpha value is -0.680. The molecule has 80 valence electrons. The predicted octanol–water partition coefficient (Wildman–Crippen LogP) is 1.82. The van der Waals surface area contributed by atoms with Crippen molar-refractivity contribution in [2.45, 2.75) is 39.3 Å². The number of nitrogens with one attached hydrogen (secondary N) is 1. The maximum absolute atomic E-state index is 5.70. The maximum atomic E-state index is 5.70. The number of hydrogen-bond acceptors (Lipinski definition) is 5. The molecule has 1 N–H and O–H groups in total. The Morgan fingerprint density at radius 3 is 2.71 bits per heavy atom. The van der Waals surface area contributed by atoms with Gasteiger partial charge in [0.05, 0.1) is 0 Å². The monoisotopic (exact) mass is 215 g/mol. The topological polar surface area (TPSA) is 47.0 Å². The van der Waals surface area contributed by atoms with Gasteiger partial charge in [-0.3, -0.25) is 0 Å². The summed E-state index contributed by atoms with van der Waals surface area (Å²) in [7, 11) is 1.89. The molecular weight excluding hydrogens is 198 g/mol. The quantitative estimate of drug-likeness (QED) is 0.814. The SMILES string of the molecule is CCC(C)(C)Oc1nnc(CNC)s1. The third kappa shape index (κ3) is 3.23. The molecule has 0 amide bonds. The number of aromatic nitrogens is 2. The van der Waals surface area contributed by atoms with Gasteiger partial charge in [0.25, 0.3) is 5.19 Å². The van der Waals surface area contributed by atoms with Gasteiger partial charge in [-0.05, 0) is 27.3 Å². The predicted molar refractivity (Wildman–Crippen MR) is 57.7 cm³/mol. The molecule has 1 aromatic rings. The molecule has 0 spiro atoms. The Morgan fingerprint density at radius 1 is 1.43 bits per heavy atom. The molecular formula is C9H17N3OS. The molecule has 0 bridgehead atoms. The van der Waals surface area contributed by atoms with Crippen molar-refractivity contribution < 1.29 is 4.74 Å². The van der Waals surface area contributed by atoms with Crippen LogP contribution < -0.4 is 10.1 Å². The van der Waals surface area contributed by atoms with Gasteiger partial charge in [0.15, 0.2) is 0 Å². The lowest BCUT2D eigenvalue weighted by molar-refractivity contribution is 0.104. The summed E-state index contributed by atoms with van der Waals surface area (Å²) >= 11 is 1.49. The summed E-state index contributed by atoms with van der Waals surface area (Å²) < 4.78 is 5.70. The third-order valence-electron chi connectivity index (χ3n) is 1.99. The molecule has 0 unspecified atom stereocenters. The van der Waals surface area contributed by atoms with Crippen LogP contribution in [0, 0.1) is 0 Å². The molecule has 0 aromatic carbocycles. The lowest BCUT2D eigenvalue weighted by Crippen LogP contribution is -2.26. The molecule has 0 saturated carbocycles. The molecule has 4 nitrogen and oxygen atoms in total. The first-order chi connectivity index (χ1) is 6.57. The van der Waals surface area contributed by atoms with Crippen molar-refractivity contribution in [1.29, 1.82) is 0 Å². The Balaban J connectivity index is 2.59. The highest BCUT2D eigenvalue weighted by molar-refractivity contribution is 7.13. The van der Waals surface area contributed by atoms with Gasteiger partial charge in [0.2, 0.25) is 0 Å². The highest BCUT2D eigenvalue weighted by Gasteiger charge is 2.19. The minimum absolute atomic E-state index is 0.156. The van der Waals surface area contributed by atoms with Crippen molar-refractivity contribution in [2.75, 3.05) is 7.05 Å². The van der Waals surface area contributed by atoms with Crippen LogP contribution in [0.2, 0.25) is 0 Å². The van der Waals surface area contributed by atoms with Crippen molar-refractivity contribution >= 4 is 11.3 Å². The molecule has 0 saturated heterocycles. The zero-order valence-electron chi connectivity index (χ0n) is 9.13. The van der Waals surface area contributed by atoms with E-state index in [1.807, 2.05) is 20.9 Å². The number of rotatable bonds is 5. The smallest absolute Gasteiger partial charge is 0.294 e. The van der Waals surface area contributed by atoms with E-state index in [0.29, 0.717) is 5.19 Å². The zero-order valence-corrected chi connectivity index (χ0v) is 9.94. The van der Waals surface area contributed by atoms with E-state index in [4.69, 9.17) is 4.74 Å². The van der Waals surface area contributed by atoms with Crippen molar-refractivity contribution in [3.8, 4) is 5.19 Å². The van der Waals surface area contributed by atoms with E-state index < -0.39 is 0 Å². The molecule has 14 heavy (non-hydrogen) atoms. The average Bonchev–Trinajstić information content (AvgIpc) is 2.53. The minimum atomic E-state index is -0.156. The molecule has 0 aliphatic rings. The van der Waals surface area contributed by atoms with Gasteiger partial charge in [0, 0.05) is 6.54 Å². The fourth-order valence-corrected chi connectivity index (χ4v) is 1.66. The van der Waals surface area contributed by atoms with Gasteiger partial charge in [0.1, 0.15) is 10.6 Å². The Bertz CT molecular complexity index is 285. The van der Waals surface area contributed by atoms with Crippen molar-refractivity contribution in [3.63, 3.8) is 0 Å². The second kappa shape index (κ2) is 4.70. The lowest BCUT2D eigenvalue weighted by Gasteiger charge is -2.22. The fourth-order valence-electron chi connectivity index (χ4n) is 0.811. The summed E-state index contributed by atoms with van der Waals surface area (Å²) in [5.74, 6) is 0. The Kier molecular flexibility index (Phi) is 3.83. The van der Waals surface area contributed by atoms with Crippen LogP contribution in [-0.4, -0.2) is 22.8 Å². The Labute approximate surface area is 88.7 Å². The number of nitrogens with zero attached hydrogens (tertiary/aromatic N) is 2. The van der Waals surface area contributed by atoms with E-state index in [9.17, 15) is 0 Å². The van der Waals surface area contributed by atoms with Gasteiger partial charge in [-0.2, -0.15) is 0 Å². The summed E-state index contributed by atoms with van der Waals surface area (Å²) in [6.07, 6.45) is 0.952. The summed E-state index contributed by atoms with van der Waals surface area (Å²) in [6, 6.07) is 0. The van der Waals surface area contributed by atoms with Crippen LogP contribution >= 0.6 is 11.3 Å². The maximum Gasteiger partial charge on any atom is 0.294 e. The van der Waals surface area contributed by atoms with Crippen LogP contribution in [0.3, 0.4) is 0 Å². The van der Waals surface area contributed by atoms with Crippen LogP contribution in [-0.2, 0) is 6.54 Å². The molecule has 1 heterocycles. The van der Waals surface area contributed by atoms with Gasteiger partial charge < -0.3 is 10.1 Å². The molecule has 0 radical (unpaired) electrons. The number of ether oxygens (including phenoxy) is 1. The van der Waals surface area contributed by atoms with Crippen molar-refractivity contribution in [2.24, 2.45) is 0 Å². The van der Waals surface area contributed by atoms with Gasteiger partial charge in [-0.1, -0.05) is 23.4 Å². The summed E-state index contributed by atoms with van der Waals surface area (Å²) in [5, 5.41) is 12.6. The fraction of sp³-hybridized carbons (Fsp3) is 0.778. The second-order valence-corrected chi connectivity index (χ2v) is 4.73. The van der Waals surface area contributed by atoms with Crippen LogP contribution in [0.1, 0.15) is 32.2 Å². The largest absolute Gasteiger partial charge is 0.463 e. The van der Waals surface area contributed by atoms with Gasteiger partial charge in [-0.25, -0.2) is 0 Å². The minimum Gasteiger partial charge on any atom is -0.463 e. The number of hydrogen-bond donors (Lipinski definition) is 1. The molecule has 0 aliphatic carbocycles. The van der Waals surface area contributed by atoms with E-state index in [2.05, 4.69) is 22.4 Å². The van der Waals surface area contributed by atoms with E-state index >= 15 is 0 Å². The summed E-state index contributed by atoms with van der Waals surface area (Å²) in [4.78, 5) is 0. The lowest BCUT2D eigenvalue weighted by atomic mass is 10.1. The highest BCUT2D eigenvalue weighted by atomic mass is 32.1. The summed E-state index contributed by atoms with van der Waals surface area (Å²) in [6.45, 7) is 6.93. The van der Waals surface area contributed by atoms with E-state index in [1.54, 1.807) is 0 Å². The second-order valence-electron chi connectivity index (χ2n) is 3.71. The first-order valence-corrected chi connectivity index (χ1v) is 5.55. The first-order valence-electron chi connectivity index (χ1n) is 4.73. The molecule has 0 aliphatic heterocycles. The summed E-state index contributed by atoms with van der Waals surface area (Å²) in [5.41, 5.74) is -0.156.